The Morgan fingerprint density at radius 3 is 2.50 bits per heavy atom. The number of nitrogens with one attached hydrogen (secondary N) is 1. The van der Waals surface area contributed by atoms with E-state index in [0.29, 0.717) is 16.5 Å². The summed E-state index contributed by atoms with van der Waals surface area (Å²) < 4.78 is 5.86. The van der Waals surface area contributed by atoms with Gasteiger partial charge in [0.15, 0.2) is 10.6 Å². The average molecular weight is 388 g/mol. The van der Waals surface area contributed by atoms with E-state index >= 15 is 0 Å². The number of hydrogen-bond donors (Lipinski definition) is 1. The lowest BCUT2D eigenvalue weighted by atomic mass is 10.2. The van der Waals surface area contributed by atoms with Gasteiger partial charge in [0.2, 0.25) is 0 Å². The number of nitrogens with zero attached hydrogens (tertiary/aromatic N) is 2. The Morgan fingerprint density at radius 2 is 1.81 bits per heavy atom. The summed E-state index contributed by atoms with van der Waals surface area (Å²) in [5.41, 5.74) is 0.564. The normalized spacial score (nSPS) is 11.4. The summed E-state index contributed by atoms with van der Waals surface area (Å²) in [6.45, 7) is 5.41. The molecule has 0 spiro atoms. The topological polar surface area (TPSA) is 58.2 Å². The lowest BCUT2D eigenvalue weighted by Crippen LogP contribution is -2.34. The molecule has 0 unspecified atom stereocenters. The molecule has 3 rings (SSSR count). The second-order valence-corrected chi connectivity index (χ2v) is 7.47. The molecule has 1 aromatic heterocycles. The van der Waals surface area contributed by atoms with Crippen LogP contribution in [0.3, 0.4) is 0 Å². The molecule has 1 heterocycles. The Kier molecular flexibility index (Phi) is 4.98. The molecule has 0 aliphatic carbocycles. The van der Waals surface area contributed by atoms with Gasteiger partial charge < -0.3 is 9.72 Å². The highest BCUT2D eigenvalue weighted by Crippen LogP contribution is 2.35. The molecule has 26 heavy (non-hydrogen) atoms. The van der Waals surface area contributed by atoms with Gasteiger partial charge in [-0.05, 0) is 57.3 Å². The number of fused-ring (bicyclic) bond motifs is 1. The molecule has 1 N–H and O–H groups in total. The van der Waals surface area contributed by atoms with Gasteiger partial charge in [-0.15, -0.1) is 0 Å². The molecule has 0 atom stereocenters. The lowest BCUT2D eigenvalue weighted by Gasteiger charge is -2.28. The number of carbonyl (C=O) groups is 1. The SMILES string of the molecule is CC(C)(C)OC(=O)N(c1ccccc1Cl)c1nc(=S)[nH]c2ccccc12. The van der Waals surface area contributed by atoms with Crippen molar-refractivity contribution >= 4 is 52.3 Å². The molecule has 7 heteroatoms. The molecule has 0 aliphatic heterocycles. The number of amides is 1. The predicted molar refractivity (Wildman–Crippen MR) is 107 cm³/mol. The summed E-state index contributed by atoms with van der Waals surface area (Å²) in [5.74, 6) is 0.367. The third kappa shape index (κ3) is 3.86. The minimum atomic E-state index is -0.676. The Bertz CT molecular complexity index is 1030. The van der Waals surface area contributed by atoms with Crippen molar-refractivity contribution in [1.82, 2.24) is 9.97 Å². The molecule has 134 valence electrons. The number of rotatable bonds is 2. The molecule has 0 saturated heterocycles. The number of hydrogen-bond acceptors (Lipinski definition) is 4. The highest BCUT2D eigenvalue weighted by Gasteiger charge is 2.28. The van der Waals surface area contributed by atoms with Gasteiger partial charge in [-0.3, -0.25) is 0 Å². The molecule has 1 amide bonds. The van der Waals surface area contributed by atoms with Crippen molar-refractivity contribution in [2.24, 2.45) is 0 Å². The van der Waals surface area contributed by atoms with Crippen LogP contribution in [0.15, 0.2) is 48.5 Å². The minimum absolute atomic E-state index is 0.263. The smallest absolute Gasteiger partial charge is 0.420 e. The van der Waals surface area contributed by atoms with E-state index in [1.54, 1.807) is 45.0 Å². The van der Waals surface area contributed by atoms with E-state index in [2.05, 4.69) is 9.97 Å². The van der Waals surface area contributed by atoms with E-state index in [1.165, 1.54) is 4.90 Å². The molecule has 0 radical (unpaired) electrons. The van der Waals surface area contributed by atoms with Gasteiger partial charge in [0.25, 0.3) is 0 Å². The molecule has 0 bridgehead atoms. The van der Waals surface area contributed by atoms with Gasteiger partial charge in [-0.25, -0.2) is 14.7 Å². The number of carbonyl (C=O) groups excluding carboxylic acids is 1. The third-order valence-corrected chi connectivity index (χ3v) is 4.01. The monoisotopic (exact) mass is 387 g/mol. The standard InChI is InChI=1S/C19H18ClN3O2S/c1-19(2,3)25-18(24)23(15-11-7-5-9-13(15)20)16-12-8-4-6-10-14(12)21-17(26)22-16/h4-11H,1-3H3,(H,21,22,26). The highest BCUT2D eigenvalue weighted by molar-refractivity contribution is 7.71. The van der Waals surface area contributed by atoms with E-state index in [4.69, 9.17) is 28.6 Å². The molecule has 0 aliphatic rings. The van der Waals surface area contributed by atoms with Crippen molar-refractivity contribution in [2.75, 3.05) is 4.90 Å². The van der Waals surface area contributed by atoms with Gasteiger partial charge in [0.1, 0.15) is 5.60 Å². The van der Waals surface area contributed by atoms with E-state index in [-0.39, 0.29) is 4.77 Å². The van der Waals surface area contributed by atoms with E-state index in [0.717, 1.165) is 10.9 Å². The number of para-hydroxylation sites is 2. The molecule has 5 nitrogen and oxygen atoms in total. The van der Waals surface area contributed by atoms with Crippen molar-refractivity contribution in [3.63, 3.8) is 0 Å². The number of halogens is 1. The van der Waals surface area contributed by atoms with Crippen LogP contribution in [-0.4, -0.2) is 21.7 Å². The number of ether oxygens (including phenoxy) is 1. The Morgan fingerprint density at radius 1 is 1.15 bits per heavy atom. The summed E-state index contributed by atoms with van der Waals surface area (Å²) >= 11 is 11.6. The van der Waals surface area contributed by atoms with Crippen LogP contribution in [0.2, 0.25) is 5.02 Å². The third-order valence-electron chi connectivity index (χ3n) is 3.50. The number of aromatic amines is 1. The zero-order valence-corrected chi connectivity index (χ0v) is 16.2. The average Bonchev–Trinajstić information content (AvgIpc) is 2.55. The maximum Gasteiger partial charge on any atom is 0.420 e. The maximum atomic E-state index is 13.0. The largest absolute Gasteiger partial charge is 0.443 e. The molecular formula is C19H18ClN3O2S. The fourth-order valence-electron chi connectivity index (χ4n) is 2.50. The molecule has 0 fully saturated rings. The van der Waals surface area contributed by atoms with Crippen LogP contribution in [0, 0.1) is 4.77 Å². The van der Waals surface area contributed by atoms with E-state index < -0.39 is 11.7 Å². The first kappa shape index (κ1) is 18.4. The van der Waals surface area contributed by atoms with Crippen molar-refractivity contribution in [3.8, 4) is 0 Å². The van der Waals surface area contributed by atoms with Crippen molar-refractivity contribution in [2.45, 2.75) is 26.4 Å². The van der Waals surface area contributed by atoms with Gasteiger partial charge in [0.05, 0.1) is 16.2 Å². The van der Waals surface area contributed by atoms with Crippen LogP contribution in [0.1, 0.15) is 20.8 Å². The summed E-state index contributed by atoms with van der Waals surface area (Å²) in [7, 11) is 0. The molecular weight excluding hydrogens is 370 g/mol. The Hall–Kier alpha value is -2.44. The zero-order valence-electron chi connectivity index (χ0n) is 14.6. The number of anilines is 2. The van der Waals surface area contributed by atoms with Crippen molar-refractivity contribution < 1.29 is 9.53 Å². The van der Waals surface area contributed by atoms with Crippen LogP contribution in [0.5, 0.6) is 0 Å². The first-order chi connectivity index (χ1) is 12.3. The predicted octanol–water partition coefficient (Wildman–Crippen LogP) is 6.02. The molecule has 3 aromatic rings. The number of H-pyrrole nitrogens is 1. The van der Waals surface area contributed by atoms with Gasteiger partial charge in [-0.2, -0.15) is 0 Å². The van der Waals surface area contributed by atoms with Crippen LogP contribution in [0.4, 0.5) is 16.3 Å². The van der Waals surface area contributed by atoms with Gasteiger partial charge in [-0.1, -0.05) is 35.9 Å². The minimum Gasteiger partial charge on any atom is -0.443 e. The number of benzene rings is 2. The lowest BCUT2D eigenvalue weighted by molar-refractivity contribution is 0.0598. The zero-order chi connectivity index (χ0) is 18.9. The van der Waals surface area contributed by atoms with E-state index in [1.807, 2.05) is 24.3 Å². The van der Waals surface area contributed by atoms with Crippen LogP contribution in [0.25, 0.3) is 10.9 Å². The number of aromatic nitrogens is 2. The summed E-state index contributed by atoms with van der Waals surface area (Å²) in [6.07, 6.45) is -0.580. The second kappa shape index (κ2) is 7.05. The second-order valence-electron chi connectivity index (χ2n) is 6.68. The Labute approximate surface area is 161 Å². The molecule has 0 saturated carbocycles. The summed E-state index contributed by atoms with van der Waals surface area (Å²) in [5, 5.41) is 1.13. The van der Waals surface area contributed by atoms with Crippen LogP contribution in [-0.2, 0) is 4.74 Å². The highest BCUT2D eigenvalue weighted by atomic mass is 35.5. The Balaban J connectivity index is 2.27. The fourth-order valence-corrected chi connectivity index (χ4v) is 2.91. The van der Waals surface area contributed by atoms with Crippen molar-refractivity contribution in [1.29, 1.82) is 0 Å². The van der Waals surface area contributed by atoms with Crippen LogP contribution < -0.4 is 4.90 Å². The van der Waals surface area contributed by atoms with Crippen molar-refractivity contribution in [3.05, 3.63) is 58.3 Å². The fraction of sp³-hybridized carbons (Fsp3) is 0.211. The van der Waals surface area contributed by atoms with Crippen LogP contribution >= 0.6 is 23.8 Å². The summed E-state index contributed by atoms with van der Waals surface area (Å²) in [4.78, 5) is 21.8. The quantitative estimate of drug-likeness (QED) is 0.546. The first-order valence-electron chi connectivity index (χ1n) is 8.03. The van der Waals surface area contributed by atoms with Gasteiger partial charge in [0, 0.05) is 5.39 Å². The first-order valence-corrected chi connectivity index (χ1v) is 8.81. The summed E-state index contributed by atoms with van der Waals surface area (Å²) in [6, 6.07) is 14.5. The van der Waals surface area contributed by atoms with E-state index in [9.17, 15) is 4.79 Å². The van der Waals surface area contributed by atoms with Gasteiger partial charge >= 0.3 is 6.09 Å². The maximum absolute atomic E-state index is 13.0. The molecule has 2 aromatic carbocycles.